The van der Waals surface area contributed by atoms with Crippen LogP contribution in [0.3, 0.4) is 0 Å². The van der Waals surface area contributed by atoms with Crippen LogP contribution in [0, 0.1) is 0 Å². The maximum atomic E-state index is 6.16. The Labute approximate surface area is 145 Å². The fourth-order valence-corrected chi connectivity index (χ4v) is 3.52. The molecule has 0 N–H and O–H groups in total. The Morgan fingerprint density at radius 3 is 2.84 bits per heavy atom. The quantitative estimate of drug-likeness (QED) is 0.545. The van der Waals surface area contributed by atoms with Crippen LogP contribution in [0.1, 0.15) is 31.1 Å². The van der Waals surface area contributed by atoms with Gasteiger partial charge >= 0.3 is 0 Å². The summed E-state index contributed by atoms with van der Waals surface area (Å²) in [6.45, 7) is 4.20. The van der Waals surface area contributed by atoms with Crippen molar-refractivity contribution >= 4 is 11.0 Å². The highest BCUT2D eigenvalue weighted by Gasteiger charge is 2.23. The van der Waals surface area contributed by atoms with E-state index in [1.165, 1.54) is 5.56 Å². The van der Waals surface area contributed by atoms with Gasteiger partial charge in [0.2, 0.25) is 5.89 Å². The summed E-state index contributed by atoms with van der Waals surface area (Å²) in [5.74, 6) is 1.56. The van der Waals surface area contributed by atoms with Gasteiger partial charge in [-0.05, 0) is 50.5 Å². The molecule has 0 radical (unpaired) electrons. The molecule has 0 atom stereocenters. The first-order valence-electron chi connectivity index (χ1n) is 8.64. The van der Waals surface area contributed by atoms with E-state index in [1.807, 2.05) is 28.9 Å². The number of hydrogen-bond donors (Lipinski definition) is 0. The Bertz CT molecular complexity index is 1090. The molecule has 1 aliphatic carbocycles. The van der Waals surface area contributed by atoms with Crippen molar-refractivity contribution in [2.75, 3.05) is 0 Å². The molecule has 2 aromatic carbocycles. The molecular weight excluding hydrogens is 312 g/mol. The van der Waals surface area contributed by atoms with Crippen molar-refractivity contribution in [1.82, 2.24) is 20.0 Å². The van der Waals surface area contributed by atoms with Crippen LogP contribution < -0.4 is 0 Å². The van der Waals surface area contributed by atoms with E-state index < -0.39 is 0 Å². The summed E-state index contributed by atoms with van der Waals surface area (Å²) in [7, 11) is 0. The summed E-state index contributed by atoms with van der Waals surface area (Å²) in [5.41, 5.74) is 6.36. The number of fused-ring (bicyclic) bond motifs is 4. The third kappa shape index (κ3) is 2.19. The molecule has 1 aliphatic rings. The van der Waals surface area contributed by atoms with Crippen LogP contribution >= 0.6 is 0 Å². The zero-order chi connectivity index (χ0) is 17.0. The van der Waals surface area contributed by atoms with E-state index in [0.29, 0.717) is 5.89 Å². The number of oxazole rings is 1. The van der Waals surface area contributed by atoms with E-state index in [9.17, 15) is 0 Å². The molecule has 0 unspecified atom stereocenters. The number of rotatable bonds is 2. The van der Waals surface area contributed by atoms with Crippen molar-refractivity contribution < 1.29 is 4.42 Å². The Kier molecular flexibility index (Phi) is 3.04. The second kappa shape index (κ2) is 5.28. The average molecular weight is 330 g/mol. The molecule has 124 valence electrons. The van der Waals surface area contributed by atoms with Crippen LogP contribution in [-0.2, 0) is 12.8 Å². The zero-order valence-electron chi connectivity index (χ0n) is 14.2. The SMILES string of the molecule is CC(C)n1nnc2cc(-c3nc4c(o3)-c3ccccc3CC4)ccc21. The molecular formula is C20H18N4O. The van der Waals surface area contributed by atoms with Gasteiger partial charge in [0.05, 0.1) is 11.2 Å². The van der Waals surface area contributed by atoms with Crippen LogP contribution in [0.4, 0.5) is 0 Å². The topological polar surface area (TPSA) is 56.7 Å². The predicted molar refractivity (Wildman–Crippen MR) is 96.3 cm³/mol. The van der Waals surface area contributed by atoms with Crippen LogP contribution in [0.5, 0.6) is 0 Å². The summed E-state index contributed by atoms with van der Waals surface area (Å²) in [5, 5.41) is 8.53. The molecule has 0 bridgehead atoms. The summed E-state index contributed by atoms with van der Waals surface area (Å²) in [6.07, 6.45) is 1.93. The molecule has 2 aromatic heterocycles. The standard InChI is InChI=1S/C20H18N4O/c1-12(2)24-18-10-8-14(11-17(18)22-23-24)20-21-16-9-7-13-5-3-4-6-15(13)19(16)25-20/h3-6,8,10-12H,7,9H2,1-2H3. The lowest BCUT2D eigenvalue weighted by Crippen LogP contribution is -2.02. The normalized spacial score (nSPS) is 13.2. The van der Waals surface area contributed by atoms with Crippen molar-refractivity contribution in [2.45, 2.75) is 32.7 Å². The summed E-state index contributed by atoms with van der Waals surface area (Å²) in [4.78, 5) is 4.75. The molecule has 0 amide bonds. The first-order chi connectivity index (χ1) is 12.2. The Hall–Kier alpha value is -2.95. The molecule has 0 saturated carbocycles. The third-order valence-electron chi connectivity index (χ3n) is 4.80. The summed E-state index contributed by atoms with van der Waals surface area (Å²) in [6, 6.07) is 14.8. The molecule has 0 fully saturated rings. The van der Waals surface area contributed by atoms with Crippen molar-refractivity contribution in [2.24, 2.45) is 0 Å². The highest BCUT2D eigenvalue weighted by Crippen LogP contribution is 2.36. The van der Waals surface area contributed by atoms with Crippen LogP contribution in [0.2, 0.25) is 0 Å². The number of aryl methyl sites for hydroxylation is 2. The predicted octanol–water partition coefficient (Wildman–Crippen LogP) is 4.43. The van der Waals surface area contributed by atoms with Crippen LogP contribution in [0.15, 0.2) is 46.9 Å². The zero-order valence-corrected chi connectivity index (χ0v) is 14.2. The molecule has 2 heterocycles. The van der Waals surface area contributed by atoms with Gasteiger partial charge in [-0.3, -0.25) is 0 Å². The second-order valence-electron chi connectivity index (χ2n) is 6.78. The largest absolute Gasteiger partial charge is 0.436 e. The molecule has 5 rings (SSSR count). The highest BCUT2D eigenvalue weighted by atomic mass is 16.4. The molecule has 0 aliphatic heterocycles. The monoisotopic (exact) mass is 330 g/mol. The Morgan fingerprint density at radius 2 is 1.96 bits per heavy atom. The molecule has 0 saturated heterocycles. The smallest absolute Gasteiger partial charge is 0.227 e. The fraction of sp³-hybridized carbons (Fsp3) is 0.250. The first-order valence-corrected chi connectivity index (χ1v) is 8.64. The van der Waals surface area contributed by atoms with E-state index in [4.69, 9.17) is 9.40 Å². The van der Waals surface area contributed by atoms with Gasteiger partial charge in [0, 0.05) is 17.2 Å². The second-order valence-corrected chi connectivity index (χ2v) is 6.78. The van der Waals surface area contributed by atoms with E-state index >= 15 is 0 Å². The van der Waals surface area contributed by atoms with Gasteiger partial charge in [0.1, 0.15) is 5.52 Å². The van der Waals surface area contributed by atoms with Crippen LogP contribution in [0.25, 0.3) is 33.8 Å². The van der Waals surface area contributed by atoms with Gasteiger partial charge in [-0.1, -0.05) is 29.5 Å². The minimum absolute atomic E-state index is 0.279. The highest BCUT2D eigenvalue weighted by molar-refractivity contribution is 5.80. The first kappa shape index (κ1) is 14.4. The van der Waals surface area contributed by atoms with Crippen molar-refractivity contribution in [1.29, 1.82) is 0 Å². The van der Waals surface area contributed by atoms with E-state index in [0.717, 1.165) is 46.5 Å². The van der Waals surface area contributed by atoms with Gasteiger partial charge in [-0.2, -0.15) is 0 Å². The summed E-state index contributed by atoms with van der Waals surface area (Å²) < 4.78 is 8.08. The van der Waals surface area contributed by atoms with Gasteiger partial charge in [0.25, 0.3) is 0 Å². The summed E-state index contributed by atoms with van der Waals surface area (Å²) >= 11 is 0. The lowest BCUT2D eigenvalue weighted by atomic mass is 9.93. The molecule has 25 heavy (non-hydrogen) atoms. The van der Waals surface area contributed by atoms with E-state index in [1.54, 1.807) is 0 Å². The fourth-order valence-electron chi connectivity index (χ4n) is 3.52. The molecule has 0 spiro atoms. The van der Waals surface area contributed by atoms with E-state index in [-0.39, 0.29) is 6.04 Å². The number of benzene rings is 2. The lowest BCUT2D eigenvalue weighted by Gasteiger charge is -2.12. The van der Waals surface area contributed by atoms with Crippen LogP contribution in [-0.4, -0.2) is 20.0 Å². The molecule has 4 aromatic rings. The maximum absolute atomic E-state index is 6.16. The average Bonchev–Trinajstić information content (AvgIpc) is 3.25. The van der Waals surface area contributed by atoms with Crippen molar-refractivity contribution in [3.8, 4) is 22.8 Å². The maximum Gasteiger partial charge on any atom is 0.227 e. The van der Waals surface area contributed by atoms with Gasteiger partial charge in [0.15, 0.2) is 5.76 Å². The lowest BCUT2D eigenvalue weighted by molar-refractivity contribution is 0.530. The van der Waals surface area contributed by atoms with Crippen molar-refractivity contribution in [3.63, 3.8) is 0 Å². The van der Waals surface area contributed by atoms with Crippen molar-refractivity contribution in [3.05, 3.63) is 53.7 Å². The van der Waals surface area contributed by atoms with E-state index in [2.05, 4.69) is 42.4 Å². The molecule has 5 heteroatoms. The third-order valence-corrected chi connectivity index (χ3v) is 4.80. The van der Waals surface area contributed by atoms with Gasteiger partial charge in [-0.15, -0.1) is 5.10 Å². The Balaban J connectivity index is 1.61. The van der Waals surface area contributed by atoms with Gasteiger partial charge in [-0.25, -0.2) is 9.67 Å². The number of aromatic nitrogens is 4. The minimum atomic E-state index is 0.279. The van der Waals surface area contributed by atoms with Gasteiger partial charge < -0.3 is 4.42 Å². The number of hydrogen-bond acceptors (Lipinski definition) is 4. The molecule has 5 nitrogen and oxygen atoms in total. The Morgan fingerprint density at radius 1 is 1.08 bits per heavy atom. The number of nitrogens with zero attached hydrogens (tertiary/aromatic N) is 4. The minimum Gasteiger partial charge on any atom is -0.436 e.